The molecule has 1 aliphatic heterocycles. The van der Waals surface area contributed by atoms with E-state index in [9.17, 15) is 4.21 Å². The maximum Gasteiger partial charge on any atom is 0.127 e. The molecule has 1 aromatic rings. The fraction of sp³-hybridized carbons (Fsp3) is 0.545. The lowest BCUT2D eigenvalue weighted by Crippen LogP contribution is -2.27. The number of aromatic nitrogens is 1. The average Bonchev–Trinajstić information content (AvgIpc) is 2.71. The van der Waals surface area contributed by atoms with Crippen molar-refractivity contribution in [3.8, 4) is 0 Å². The van der Waals surface area contributed by atoms with Crippen molar-refractivity contribution in [3.05, 3.63) is 23.9 Å². The maximum absolute atomic E-state index is 11.9. The van der Waals surface area contributed by atoms with Crippen molar-refractivity contribution in [2.45, 2.75) is 30.8 Å². The van der Waals surface area contributed by atoms with Crippen LogP contribution in [-0.2, 0) is 10.8 Å². The van der Waals surface area contributed by atoms with Crippen LogP contribution in [0.1, 0.15) is 18.4 Å². The molecule has 1 saturated heterocycles. The van der Waals surface area contributed by atoms with E-state index in [1.807, 2.05) is 19.1 Å². The Morgan fingerprint density at radius 2 is 2.47 bits per heavy atom. The van der Waals surface area contributed by atoms with Gasteiger partial charge in [0.1, 0.15) is 5.03 Å². The van der Waals surface area contributed by atoms with Crippen LogP contribution in [-0.4, -0.2) is 27.5 Å². The molecule has 3 nitrogen and oxygen atoms in total. The van der Waals surface area contributed by atoms with Gasteiger partial charge in [-0.05, 0) is 37.9 Å². The lowest BCUT2D eigenvalue weighted by molar-refractivity contribution is 0.641. The number of nitrogens with one attached hydrogen (secondary N) is 1. The Hall–Kier alpha value is -0.740. The third kappa shape index (κ3) is 2.86. The van der Waals surface area contributed by atoms with E-state index in [4.69, 9.17) is 0 Å². The van der Waals surface area contributed by atoms with Gasteiger partial charge in [-0.2, -0.15) is 0 Å². The molecule has 0 spiro atoms. The van der Waals surface area contributed by atoms with Crippen LogP contribution < -0.4 is 5.32 Å². The molecule has 1 N–H and O–H groups in total. The molecule has 15 heavy (non-hydrogen) atoms. The first kappa shape index (κ1) is 10.8. The summed E-state index contributed by atoms with van der Waals surface area (Å²) in [5, 5.41) is 4.05. The minimum Gasteiger partial charge on any atom is -0.313 e. The van der Waals surface area contributed by atoms with Gasteiger partial charge in [0.25, 0.3) is 0 Å². The molecule has 0 unspecified atom stereocenters. The Balaban J connectivity index is 1.98. The number of pyridine rings is 1. The molecule has 1 aromatic heterocycles. The van der Waals surface area contributed by atoms with Gasteiger partial charge in [-0.25, -0.2) is 4.98 Å². The molecule has 0 aromatic carbocycles. The zero-order chi connectivity index (χ0) is 10.7. The van der Waals surface area contributed by atoms with E-state index in [1.54, 1.807) is 6.20 Å². The molecule has 2 atom stereocenters. The highest BCUT2D eigenvalue weighted by molar-refractivity contribution is 7.85. The Kier molecular flexibility index (Phi) is 3.49. The van der Waals surface area contributed by atoms with Crippen molar-refractivity contribution >= 4 is 10.8 Å². The van der Waals surface area contributed by atoms with E-state index in [0.29, 0.717) is 16.8 Å². The topological polar surface area (TPSA) is 42.0 Å². The predicted molar refractivity (Wildman–Crippen MR) is 61.3 cm³/mol. The summed E-state index contributed by atoms with van der Waals surface area (Å²) < 4.78 is 11.9. The Morgan fingerprint density at radius 1 is 1.60 bits per heavy atom. The van der Waals surface area contributed by atoms with Gasteiger partial charge in [-0.15, -0.1) is 0 Å². The SMILES string of the molecule is Cc1ccc([S@](=O)C[C@H]2CCCN2)nc1. The number of aryl methyl sites for hydroxylation is 1. The van der Waals surface area contributed by atoms with Crippen molar-refractivity contribution < 1.29 is 4.21 Å². The summed E-state index contributed by atoms with van der Waals surface area (Å²) in [5.74, 6) is 0.691. The molecule has 4 heteroatoms. The molecule has 0 bridgehead atoms. The first-order valence-corrected chi connectivity index (χ1v) is 6.62. The van der Waals surface area contributed by atoms with Gasteiger partial charge in [-0.3, -0.25) is 4.21 Å². The number of rotatable bonds is 3. The monoisotopic (exact) mass is 224 g/mol. The van der Waals surface area contributed by atoms with Gasteiger partial charge in [-0.1, -0.05) is 6.07 Å². The van der Waals surface area contributed by atoms with E-state index in [0.717, 1.165) is 18.5 Å². The van der Waals surface area contributed by atoms with Crippen LogP contribution in [0, 0.1) is 6.92 Å². The second-order valence-corrected chi connectivity index (χ2v) is 5.42. The third-order valence-electron chi connectivity index (χ3n) is 2.63. The number of hydrogen-bond acceptors (Lipinski definition) is 3. The van der Waals surface area contributed by atoms with Crippen molar-refractivity contribution in [2.24, 2.45) is 0 Å². The molecule has 2 rings (SSSR count). The summed E-state index contributed by atoms with van der Waals surface area (Å²) in [6, 6.07) is 4.23. The molecule has 0 amide bonds. The second kappa shape index (κ2) is 4.86. The van der Waals surface area contributed by atoms with Crippen molar-refractivity contribution in [1.29, 1.82) is 0 Å². The maximum atomic E-state index is 11.9. The lowest BCUT2D eigenvalue weighted by atomic mass is 10.3. The van der Waals surface area contributed by atoms with E-state index >= 15 is 0 Å². The van der Waals surface area contributed by atoms with Crippen LogP contribution in [0.15, 0.2) is 23.4 Å². The summed E-state index contributed by atoms with van der Waals surface area (Å²) >= 11 is 0. The highest BCUT2D eigenvalue weighted by atomic mass is 32.2. The Labute approximate surface area is 92.8 Å². The minimum atomic E-state index is -0.955. The molecular weight excluding hydrogens is 208 g/mol. The first-order chi connectivity index (χ1) is 7.25. The number of nitrogens with zero attached hydrogens (tertiary/aromatic N) is 1. The molecule has 0 saturated carbocycles. The fourth-order valence-electron chi connectivity index (χ4n) is 1.76. The highest BCUT2D eigenvalue weighted by Gasteiger charge is 2.18. The molecular formula is C11H16N2OS. The lowest BCUT2D eigenvalue weighted by Gasteiger charge is -2.08. The van der Waals surface area contributed by atoms with Crippen LogP contribution in [0.25, 0.3) is 0 Å². The van der Waals surface area contributed by atoms with Gasteiger partial charge >= 0.3 is 0 Å². The van der Waals surface area contributed by atoms with Crippen LogP contribution in [0.3, 0.4) is 0 Å². The normalized spacial score (nSPS) is 22.9. The first-order valence-electron chi connectivity index (χ1n) is 5.30. The van der Waals surface area contributed by atoms with Crippen LogP contribution in [0.4, 0.5) is 0 Å². The summed E-state index contributed by atoms with van der Waals surface area (Å²) in [7, 11) is -0.955. The molecule has 2 heterocycles. The smallest absolute Gasteiger partial charge is 0.127 e. The minimum absolute atomic E-state index is 0.411. The molecule has 0 radical (unpaired) electrons. The van der Waals surface area contributed by atoms with Crippen LogP contribution in [0.2, 0.25) is 0 Å². The van der Waals surface area contributed by atoms with Gasteiger partial charge in [0, 0.05) is 18.0 Å². The van der Waals surface area contributed by atoms with Crippen LogP contribution in [0.5, 0.6) is 0 Å². The number of hydrogen-bond donors (Lipinski definition) is 1. The van der Waals surface area contributed by atoms with Crippen molar-refractivity contribution in [1.82, 2.24) is 10.3 Å². The summed E-state index contributed by atoms with van der Waals surface area (Å²) in [5.41, 5.74) is 1.11. The summed E-state index contributed by atoms with van der Waals surface area (Å²) in [6.45, 7) is 3.04. The van der Waals surface area contributed by atoms with Gasteiger partial charge in [0.05, 0.1) is 10.8 Å². The summed E-state index contributed by atoms with van der Waals surface area (Å²) in [6.07, 6.45) is 4.11. The van der Waals surface area contributed by atoms with E-state index in [1.165, 1.54) is 6.42 Å². The van der Waals surface area contributed by atoms with Gasteiger partial charge in [0.2, 0.25) is 0 Å². The zero-order valence-electron chi connectivity index (χ0n) is 8.90. The van der Waals surface area contributed by atoms with Crippen LogP contribution >= 0.6 is 0 Å². The molecule has 0 aliphatic carbocycles. The predicted octanol–water partition coefficient (Wildman–Crippen LogP) is 1.25. The van der Waals surface area contributed by atoms with Gasteiger partial charge in [0.15, 0.2) is 0 Å². The molecule has 1 aliphatic rings. The molecule has 82 valence electrons. The second-order valence-electron chi connectivity index (χ2n) is 3.98. The Morgan fingerprint density at radius 3 is 3.07 bits per heavy atom. The van der Waals surface area contributed by atoms with E-state index in [-0.39, 0.29) is 0 Å². The third-order valence-corrected chi connectivity index (χ3v) is 4.05. The highest BCUT2D eigenvalue weighted by Crippen LogP contribution is 2.10. The zero-order valence-corrected chi connectivity index (χ0v) is 9.72. The summed E-state index contributed by atoms with van der Waals surface area (Å²) in [4.78, 5) is 4.19. The van der Waals surface area contributed by atoms with E-state index < -0.39 is 10.8 Å². The largest absolute Gasteiger partial charge is 0.313 e. The quantitative estimate of drug-likeness (QED) is 0.840. The van der Waals surface area contributed by atoms with Crippen molar-refractivity contribution in [3.63, 3.8) is 0 Å². The molecule has 1 fully saturated rings. The standard InChI is InChI=1S/C11H16N2OS/c1-9-4-5-11(13-7-9)15(14)8-10-3-2-6-12-10/h4-5,7,10,12H,2-3,6,8H2,1H3/t10-,15-/m1/s1. The van der Waals surface area contributed by atoms with Gasteiger partial charge < -0.3 is 5.32 Å². The van der Waals surface area contributed by atoms with E-state index in [2.05, 4.69) is 10.3 Å². The average molecular weight is 224 g/mol. The Bertz CT molecular complexity index is 344. The van der Waals surface area contributed by atoms with Crippen molar-refractivity contribution in [2.75, 3.05) is 12.3 Å². The fourth-order valence-corrected chi connectivity index (χ4v) is 2.97.